The van der Waals surface area contributed by atoms with Gasteiger partial charge in [0.05, 0.1) is 24.1 Å². The number of aromatic nitrogens is 3. The molecule has 2 aromatic carbocycles. The number of nitrogens with two attached hydrogens (primary N) is 1. The predicted molar refractivity (Wildman–Crippen MR) is 139 cm³/mol. The summed E-state index contributed by atoms with van der Waals surface area (Å²) < 4.78 is 58.5. The van der Waals surface area contributed by atoms with Crippen molar-refractivity contribution >= 4 is 28.6 Å². The number of alkyl halides is 3. The van der Waals surface area contributed by atoms with Crippen molar-refractivity contribution in [2.75, 3.05) is 23.3 Å². The van der Waals surface area contributed by atoms with E-state index >= 15 is 0 Å². The molecule has 1 amide bonds. The molecule has 0 saturated carbocycles. The van der Waals surface area contributed by atoms with Crippen LogP contribution in [0.15, 0.2) is 60.2 Å². The summed E-state index contributed by atoms with van der Waals surface area (Å²) in [5.41, 5.74) is 7.72. The maximum Gasteiger partial charge on any atom is 0.573 e. The number of amides is 1. The first kappa shape index (κ1) is 26.6. The van der Waals surface area contributed by atoms with E-state index in [2.05, 4.69) is 20.1 Å². The molecule has 5 rings (SSSR count). The molecule has 1 atom stereocenters. The number of nitrogens with zero attached hydrogens (tertiary/aromatic N) is 4. The number of hydrogen-bond acceptors (Lipinski definition) is 7. The van der Waals surface area contributed by atoms with Crippen molar-refractivity contribution in [3.8, 4) is 16.3 Å². The highest BCUT2D eigenvalue weighted by molar-refractivity contribution is 7.13. The smallest absolute Gasteiger partial charge is 0.405 e. The second-order valence-corrected chi connectivity index (χ2v) is 9.92. The second kappa shape index (κ2) is 11.0. The third-order valence-electron chi connectivity index (χ3n) is 6.16. The quantitative estimate of drug-likeness (QED) is 0.299. The molecule has 204 valence electrons. The zero-order valence-corrected chi connectivity index (χ0v) is 21.3. The standard InChI is InChI=1S/C26H24F4N6O2S/c27-19-7-3-8-20(23(19)35-10-4-6-18(31)14-35)33-24(37)21-15-39-25(34-21)17-11-32-36(13-17)12-16-5-1-2-9-22(16)38-26(28,29)30/h1-3,5,7-9,11,13,15,18H,4,6,10,12,14,31H2,(H,33,37). The summed E-state index contributed by atoms with van der Waals surface area (Å²) in [4.78, 5) is 19.2. The van der Waals surface area contributed by atoms with Gasteiger partial charge in [-0.2, -0.15) is 5.10 Å². The van der Waals surface area contributed by atoms with E-state index in [1.807, 2.05) is 4.90 Å². The highest BCUT2D eigenvalue weighted by Gasteiger charge is 2.32. The molecule has 4 aromatic rings. The van der Waals surface area contributed by atoms with Crippen LogP contribution in [-0.2, 0) is 6.54 Å². The van der Waals surface area contributed by atoms with Crippen molar-refractivity contribution in [3.63, 3.8) is 0 Å². The minimum atomic E-state index is -4.81. The highest BCUT2D eigenvalue weighted by atomic mass is 32.1. The zero-order valence-electron chi connectivity index (χ0n) is 20.5. The SMILES string of the molecule is NC1CCCN(c2c(F)cccc2NC(=O)c2csc(-c3cnn(Cc4ccccc4OC(F)(F)F)c3)n2)C1. The average molecular weight is 561 g/mol. The zero-order chi connectivity index (χ0) is 27.6. The van der Waals surface area contributed by atoms with Crippen LogP contribution in [0.3, 0.4) is 0 Å². The molecule has 1 unspecified atom stereocenters. The number of rotatable bonds is 7. The molecule has 1 aliphatic heterocycles. The van der Waals surface area contributed by atoms with Crippen LogP contribution in [0.5, 0.6) is 5.75 Å². The summed E-state index contributed by atoms with van der Waals surface area (Å²) >= 11 is 1.21. The van der Waals surface area contributed by atoms with Gasteiger partial charge < -0.3 is 20.7 Å². The summed E-state index contributed by atoms with van der Waals surface area (Å²) in [6.45, 7) is 1.16. The van der Waals surface area contributed by atoms with Gasteiger partial charge in [0.25, 0.3) is 5.91 Å². The molecule has 39 heavy (non-hydrogen) atoms. The van der Waals surface area contributed by atoms with Crippen molar-refractivity contribution in [1.82, 2.24) is 14.8 Å². The molecular formula is C26H24F4N6O2S. The molecule has 1 fully saturated rings. The molecule has 3 heterocycles. The summed E-state index contributed by atoms with van der Waals surface area (Å²) in [7, 11) is 0. The number of thiazole rings is 1. The lowest BCUT2D eigenvalue weighted by atomic mass is 10.1. The number of carbonyl (C=O) groups is 1. The Kier molecular flexibility index (Phi) is 7.53. The van der Waals surface area contributed by atoms with Gasteiger partial charge in [0.2, 0.25) is 0 Å². The van der Waals surface area contributed by atoms with Crippen molar-refractivity contribution in [2.24, 2.45) is 5.73 Å². The van der Waals surface area contributed by atoms with Gasteiger partial charge in [-0.25, -0.2) is 9.37 Å². The maximum absolute atomic E-state index is 14.8. The first-order valence-electron chi connectivity index (χ1n) is 12.1. The van der Waals surface area contributed by atoms with E-state index in [-0.39, 0.29) is 24.0 Å². The lowest BCUT2D eigenvalue weighted by Crippen LogP contribution is -2.43. The van der Waals surface area contributed by atoms with E-state index in [0.29, 0.717) is 40.6 Å². The molecule has 0 spiro atoms. The van der Waals surface area contributed by atoms with Gasteiger partial charge in [0, 0.05) is 41.8 Å². The predicted octanol–water partition coefficient (Wildman–Crippen LogP) is 5.27. The fourth-order valence-electron chi connectivity index (χ4n) is 4.44. The topological polar surface area (TPSA) is 98.3 Å². The minimum Gasteiger partial charge on any atom is -0.405 e. The lowest BCUT2D eigenvalue weighted by molar-refractivity contribution is -0.274. The van der Waals surface area contributed by atoms with Crippen molar-refractivity contribution in [1.29, 1.82) is 0 Å². The lowest BCUT2D eigenvalue weighted by Gasteiger charge is -2.34. The Morgan fingerprint density at radius 3 is 2.82 bits per heavy atom. The summed E-state index contributed by atoms with van der Waals surface area (Å²) in [5, 5.41) is 9.05. The molecule has 8 nitrogen and oxygen atoms in total. The maximum atomic E-state index is 14.8. The number of para-hydroxylation sites is 2. The van der Waals surface area contributed by atoms with Crippen LogP contribution < -0.4 is 20.7 Å². The molecule has 0 radical (unpaired) electrons. The Balaban J connectivity index is 1.30. The summed E-state index contributed by atoms with van der Waals surface area (Å²) in [6, 6.07) is 10.3. The molecule has 0 bridgehead atoms. The minimum absolute atomic E-state index is 0.0352. The van der Waals surface area contributed by atoms with Gasteiger partial charge in [0.15, 0.2) is 0 Å². The number of carbonyl (C=O) groups excluding carboxylic acids is 1. The fraction of sp³-hybridized carbons (Fsp3) is 0.269. The molecule has 1 saturated heterocycles. The van der Waals surface area contributed by atoms with Gasteiger partial charge in [-0.1, -0.05) is 24.3 Å². The normalized spacial score (nSPS) is 15.8. The van der Waals surface area contributed by atoms with E-state index in [1.54, 1.807) is 23.7 Å². The Bertz CT molecular complexity index is 1470. The average Bonchev–Trinajstić information content (AvgIpc) is 3.54. The summed E-state index contributed by atoms with van der Waals surface area (Å²) in [6.07, 6.45) is 0.00888. The second-order valence-electron chi connectivity index (χ2n) is 9.06. The Hall–Kier alpha value is -3.97. The van der Waals surface area contributed by atoms with Gasteiger partial charge >= 0.3 is 6.36 Å². The first-order valence-corrected chi connectivity index (χ1v) is 13.0. The first-order chi connectivity index (χ1) is 18.7. The van der Waals surface area contributed by atoms with Crippen LogP contribution >= 0.6 is 11.3 Å². The molecule has 3 N–H and O–H groups in total. The highest BCUT2D eigenvalue weighted by Crippen LogP contribution is 2.32. The number of ether oxygens (including phenoxy) is 1. The monoisotopic (exact) mass is 560 g/mol. The van der Waals surface area contributed by atoms with E-state index in [9.17, 15) is 22.4 Å². The van der Waals surface area contributed by atoms with Crippen molar-refractivity contribution in [3.05, 3.63) is 77.3 Å². The third kappa shape index (κ3) is 6.37. The number of halogens is 4. The Labute approximate surface area is 225 Å². The van der Waals surface area contributed by atoms with Crippen LogP contribution in [0.2, 0.25) is 0 Å². The van der Waals surface area contributed by atoms with Crippen LogP contribution in [0.4, 0.5) is 28.9 Å². The van der Waals surface area contributed by atoms with E-state index < -0.39 is 18.1 Å². The van der Waals surface area contributed by atoms with Gasteiger partial charge in [-0.3, -0.25) is 9.48 Å². The largest absolute Gasteiger partial charge is 0.573 e. The van der Waals surface area contributed by atoms with Gasteiger partial charge in [-0.15, -0.1) is 24.5 Å². The number of anilines is 2. The third-order valence-corrected chi connectivity index (χ3v) is 7.05. The van der Waals surface area contributed by atoms with Crippen molar-refractivity contribution < 1.29 is 27.1 Å². The van der Waals surface area contributed by atoms with Crippen LogP contribution in [-0.4, -0.2) is 46.2 Å². The number of hydrogen-bond donors (Lipinski definition) is 2. The van der Waals surface area contributed by atoms with E-state index in [1.165, 1.54) is 52.5 Å². The molecule has 0 aliphatic carbocycles. The fourth-order valence-corrected chi connectivity index (χ4v) is 5.22. The van der Waals surface area contributed by atoms with E-state index in [0.717, 1.165) is 12.8 Å². The van der Waals surface area contributed by atoms with Crippen LogP contribution in [0, 0.1) is 5.82 Å². The molecular weight excluding hydrogens is 536 g/mol. The molecule has 13 heteroatoms. The van der Waals surface area contributed by atoms with Crippen LogP contribution in [0.25, 0.3) is 10.6 Å². The molecule has 1 aliphatic rings. The number of benzene rings is 2. The Morgan fingerprint density at radius 1 is 1.21 bits per heavy atom. The number of nitrogens with one attached hydrogen (secondary N) is 1. The van der Waals surface area contributed by atoms with Gasteiger partial charge in [-0.05, 0) is 31.0 Å². The van der Waals surface area contributed by atoms with Crippen molar-refractivity contribution in [2.45, 2.75) is 31.8 Å². The van der Waals surface area contributed by atoms with Gasteiger partial charge in [0.1, 0.15) is 22.3 Å². The van der Waals surface area contributed by atoms with Crippen LogP contribution in [0.1, 0.15) is 28.9 Å². The van der Waals surface area contributed by atoms with E-state index in [4.69, 9.17) is 5.73 Å². The number of piperidine rings is 1. The summed E-state index contributed by atoms with van der Waals surface area (Å²) in [5.74, 6) is -1.26. The molecule has 2 aromatic heterocycles. The Morgan fingerprint density at radius 2 is 2.03 bits per heavy atom.